The minimum atomic E-state index is -0.132. The van der Waals surface area contributed by atoms with Gasteiger partial charge in [-0.15, -0.1) is 0 Å². The molecule has 0 aromatic heterocycles. The van der Waals surface area contributed by atoms with Crippen LogP contribution in [0, 0.1) is 11.3 Å². The third-order valence-corrected chi connectivity index (χ3v) is 5.79. The van der Waals surface area contributed by atoms with Gasteiger partial charge in [-0.05, 0) is 49.9 Å². The minimum absolute atomic E-state index is 0.0968. The van der Waals surface area contributed by atoms with Crippen molar-refractivity contribution >= 4 is 5.97 Å². The van der Waals surface area contributed by atoms with E-state index < -0.39 is 0 Å². The van der Waals surface area contributed by atoms with Gasteiger partial charge in [0.25, 0.3) is 0 Å². The molecule has 2 unspecified atom stereocenters. The van der Waals surface area contributed by atoms with E-state index >= 15 is 0 Å². The maximum Gasteiger partial charge on any atom is 0.323 e. The summed E-state index contributed by atoms with van der Waals surface area (Å²) in [6.45, 7) is 4.27. The Balaban J connectivity index is 1.87. The average molecular weight is 281 g/mol. The molecule has 0 saturated heterocycles. The molecule has 2 aliphatic carbocycles. The first kappa shape index (κ1) is 15.8. The SMILES string of the molecule is CCC(C)C(NC1CCC2(CCCC2)CC1)C(=O)OC. The van der Waals surface area contributed by atoms with E-state index in [1.165, 1.54) is 58.5 Å². The van der Waals surface area contributed by atoms with E-state index in [0.29, 0.717) is 17.4 Å². The molecule has 3 nitrogen and oxygen atoms in total. The van der Waals surface area contributed by atoms with Crippen LogP contribution < -0.4 is 5.32 Å². The van der Waals surface area contributed by atoms with Gasteiger partial charge in [-0.1, -0.05) is 33.1 Å². The highest BCUT2D eigenvalue weighted by Gasteiger charge is 2.38. The lowest BCUT2D eigenvalue weighted by atomic mass is 9.71. The summed E-state index contributed by atoms with van der Waals surface area (Å²) in [6, 6.07) is 0.368. The van der Waals surface area contributed by atoms with Crippen molar-refractivity contribution in [1.29, 1.82) is 0 Å². The van der Waals surface area contributed by atoms with E-state index in [9.17, 15) is 4.79 Å². The second kappa shape index (κ2) is 6.93. The third kappa shape index (κ3) is 3.55. The Bertz CT molecular complexity index is 313. The van der Waals surface area contributed by atoms with E-state index in [2.05, 4.69) is 19.2 Å². The summed E-state index contributed by atoms with van der Waals surface area (Å²) in [5, 5.41) is 3.59. The molecule has 0 amide bonds. The molecule has 3 heteroatoms. The average Bonchev–Trinajstić information content (AvgIpc) is 2.93. The van der Waals surface area contributed by atoms with Crippen LogP contribution in [-0.4, -0.2) is 25.2 Å². The Morgan fingerprint density at radius 3 is 2.35 bits per heavy atom. The molecule has 2 atom stereocenters. The molecule has 2 aliphatic rings. The third-order valence-electron chi connectivity index (χ3n) is 5.79. The number of ether oxygens (including phenoxy) is 1. The lowest BCUT2D eigenvalue weighted by molar-refractivity contribution is -0.145. The predicted octanol–water partition coefficient (Wildman–Crippen LogP) is 3.67. The number of esters is 1. The summed E-state index contributed by atoms with van der Waals surface area (Å²) in [5.74, 6) is 0.241. The van der Waals surface area contributed by atoms with Gasteiger partial charge in [0.2, 0.25) is 0 Å². The van der Waals surface area contributed by atoms with Crippen molar-refractivity contribution in [3.05, 3.63) is 0 Å². The molecule has 2 saturated carbocycles. The van der Waals surface area contributed by atoms with Crippen LogP contribution in [-0.2, 0) is 9.53 Å². The molecule has 2 rings (SSSR count). The smallest absolute Gasteiger partial charge is 0.323 e. The highest BCUT2D eigenvalue weighted by Crippen LogP contribution is 2.48. The fraction of sp³-hybridized carbons (Fsp3) is 0.941. The molecule has 0 radical (unpaired) electrons. The van der Waals surface area contributed by atoms with Crippen LogP contribution in [0.4, 0.5) is 0 Å². The van der Waals surface area contributed by atoms with Crippen LogP contribution in [0.1, 0.15) is 71.6 Å². The largest absolute Gasteiger partial charge is 0.468 e. The monoisotopic (exact) mass is 281 g/mol. The van der Waals surface area contributed by atoms with Gasteiger partial charge >= 0.3 is 5.97 Å². The summed E-state index contributed by atoms with van der Waals surface area (Å²) in [5.41, 5.74) is 0.662. The molecule has 0 bridgehead atoms. The highest BCUT2D eigenvalue weighted by atomic mass is 16.5. The van der Waals surface area contributed by atoms with Gasteiger partial charge in [-0.2, -0.15) is 0 Å². The molecular weight excluding hydrogens is 250 g/mol. The van der Waals surface area contributed by atoms with Crippen LogP contribution in [0.2, 0.25) is 0 Å². The quantitative estimate of drug-likeness (QED) is 0.781. The van der Waals surface area contributed by atoms with Crippen molar-refractivity contribution in [2.24, 2.45) is 11.3 Å². The molecule has 2 fully saturated rings. The standard InChI is InChI=1S/C17H31NO2/c1-4-13(2)15(16(19)20-3)18-14-7-11-17(12-8-14)9-5-6-10-17/h13-15,18H,4-12H2,1-3H3. The van der Waals surface area contributed by atoms with Gasteiger partial charge < -0.3 is 10.1 Å². The maximum atomic E-state index is 12.0. The maximum absolute atomic E-state index is 12.0. The molecule has 1 N–H and O–H groups in total. The summed E-state index contributed by atoms with van der Waals surface area (Å²) in [7, 11) is 1.49. The zero-order chi connectivity index (χ0) is 14.6. The molecule has 0 heterocycles. The van der Waals surface area contributed by atoms with Crippen molar-refractivity contribution in [2.75, 3.05) is 7.11 Å². The summed E-state index contributed by atoms with van der Waals surface area (Å²) >= 11 is 0. The number of hydrogen-bond donors (Lipinski definition) is 1. The van der Waals surface area contributed by atoms with Gasteiger partial charge in [0.15, 0.2) is 0 Å². The Labute approximate surface area is 123 Å². The van der Waals surface area contributed by atoms with E-state index in [0.717, 1.165) is 6.42 Å². The topological polar surface area (TPSA) is 38.3 Å². The summed E-state index contributed by atoms with van der Waals surface area (Å²) in [6.07, 6.45) is 11.9. The fourth-order valence-corrected chi connectivity index (χ4v) is 4.10. The van der Waals surface area contributed by atoms with Gasteiger partial charge in [0, 0.05) is 6.04 Å². The summed E-state index contributed by atoms with van der Waals surface area (Å²) in [4.78, 5) is 12.0. The first-order chi connectivity index (χ1) is 9.60. The fourth-order valence-electron chi connectivity index (χ4n) is 4.10. The van der Waals surface area contributed by atoms with Crippen LogP contribution >= 0.6 is 0 Å². The number of hydrogen-bond acceptors (Lipinski definition) is 3. The molecule has 0 aromatic rings. The number of carbonyl (C=O) groups excluding carboxylic acids is 1. The minimum Gasteiger partial charge on any atom is -0.468 e. The van der Waals surface area contributed by atoms with Crippen LogP contribution in [0.15, 0.2) is 0 Å². The van der Waals surface area contributed by atoms with Crippen molar-refractivity contribution in [3.8, 4) is 0 Å². The van der Waals surface area contributed by atoms with E-state index in [-0.39, 0.29) is 12.0 Å². The van der Waals surface area contributed by atoms with Gasteiger partial charge in [-0.25, -0.2) is 0 Å². The van der Waals surface area contributed by atoms with Crippen molar-refractivity contribution in [1.82, 2.24) is 5.32 Å². The van der Waals surface area contributed by atoms with Crippen molar-refractivity contribution in [2.45, 2.75) is 83.7 Å². The zero-order valence-electron chi connectivity index (χ0n) is 13.4. The van der Waals surface area contributed by atoms with Gasteiger partial charge in [-0.3, -0.25) is 4.79 Å². The lowest BCUT2D eigenvalue weighted by Gasteiger charge is -2.39. The number of nitrogens with one attached hydrogen (secondary N) is 1. The Morgan fingerprint density at radius 2 is 1.85 bits per heavy atom. The van der Waals surface area contributed by atoms with E-state index in [1.807, 2.05) is 0 Å². The molecule has 20 heavy (non-hydrogen) atoms. The van der Waals surface area contributed by atoms with Crippen molar-refractivity contribution < 1.29 is 9.53 Å². The van der Waals surface area contributed by atoms with Crippen LogP contribution in [0.25, 0.3) is 0 Å². The van der Waals surface area contributed by atoms with Crippen molar-refractivity contribution in [3.63, 3.8) is 0 Å². The van der Waals surface area contributed by atoms with Gasteiger partial charge in [0.05, 0.1) is 7.11 Å². The summed E-state index contributed by atoms with van der Waals surface area (Å²) < 4.78 is 4.97. The zero-order valence-corrected chi connectivity index (χ0v) is 13.4. The van der Waals surface area contributed by atoms with Crippen LogP contribution in [0.3, 0.4) is 0 Å². The molecule has 0 aliphatic heterocycles. The Morgan fingerprint density at radius 1 is 1.25 bits per heavy atom. The number of rotatable bonds is 5. The predicted molar refractivity (Wildman–Crippen MR) is 81.6 cm³/mol. The normalized spacial score (nSPS) is 25.6. The lowest BCUT2D eigenvalue weighted by Crippen LogP contribution is -2.49. The van der Waals surface area contributed by atoms with E-state index in [1.54, 1.807) is 0 Å². The van der Waals surface area contributed by atoms with Crippen LogP contribution in [0.5, 0.6) is 0 Å². The molecule has 1 spiro atoms. The second-order valence-corrected chi connectivity index (χ2v) is 7.03. The Kier molecular flexibility index (Phi) is 5.48. The molecular formula is C17H31NO2. The number of methoxy groups -OCH3 is 1. The van der Waals surface area contributed by atoms with Gasteiger partial charge in [0.1, 0.15) is 6.04 Å². The molecule has 116 valence electrons. The highest BCUT2D eigenvalue weighted by molar-refractivity contribution is 5.76. The van der Waals surface area contributed by atoms with E-state index in [4.69, 9.17) is 4.74 Å². The second-order valence-electron chi connectivity index (χ2n) is 7.03. The number of carbonyl (C=O) groups is 1. The Hall–Kier alpha value is -0.570. The first-order valence-corrected chi connectivity index (χ1v) is 8.44. The molecule has 0 aromatic carbocycles. The first-order valence-electron chi connectivity index (χ1n) is 8.44.